The molecule has 74 valence electrons. The van der Waals surface area contributed by atoms with E-state index < -0.39 is 0 Å². The molecule has 3 nitrogen and oxygen atoms in total. The van der Waals surface area contributed by atoms with E-state index in [0.29, 0.717) is 6.04 Å². The lowest BCUT2D eigenvalue weighted by Gasteiger charge is -2.45. The summed E-state index contributed by atoms with van der Waals surface area (Å²) in [5.41, 5.74) is 0. The maximum absolute atomic E-state index is 11.6. The van der Waals surface area contributed by atoms with Crippen LogP contribution < -0.4 is 5.32 Å². The van der Waals surface area contributed by atoms with E-state index in [-0.39, 0.29) is 6.03 Å². The summed E-state index contributed by atoms with van der Waals surface area (Å²) >= 11 is 0. The smallest absolute Gasteiger partial charge is 0.317 e. The van der Waals surface area contributed by atoms with Gasteiger partial charge in [-0.3, -0.25) is 0 Å². The first kappa shape index (κ1) is 8.85. The zero-order chi connectivity index (χ0) is 9.26. The van der Waals surface area contributed by atoms with Gasteiger partial charge in [-0.05, 0) is 38.5 Å². The van der Waals surface area contributed by atoms with E-state index in [4.69, 9.17) is 0 Å². The lowest BCUT2D eigenvalue weighted by Crippen LogP contribution is -2.54. The molecule has 1 aliphatic carbocycles. The third-order valence-electron chi connectivity index (χ3n) is 3.30. The van der Waals surface area contributed by atoms with Crippen molar-refractivity contribution in [2.45, 2.75) is 38.6 Å². The molecule has 2 aliphatic heterocycles. The van der Waals surface area contributed by atoms with Crippen LogP contribution in [0.15, 0.2) is 0 Å². The molecule has 0 unspecified atom stereocenters. The van der Waals surface area contributed by atoms with Crippen LogP contribution >= 0.6 is 0 Å². The van der Waals surface area contributed by atoms with Crippen LogP contribution in [0.3, 0.4) is 0 Å². The molecule has 0 aromatic rings. The molecule has 13 heavy (non-hydrogen) atoms. The predicted octanol–water partition coefficient (Wildman–Crippen LogP) is 1.59. The molecule has 2 saturated heterocycles. The number of rotatable bonds is 1. The summed E-state index contributed by atoms with van der Waals surface area (Å²) in [6, 6.07) is 0.688. The monoisotopic (exact) mass is 182 g/mol. The number of carbonyl (C=O) groups is 1. The van der Waals surface area contributed by atoms with Crippen molar-refractivity contribution in [3.05, 3.63) is 0 Å². The van der Waals surface area contributed by atoms with Crippen LogP contribution in [0.25, 0.3) is 0 Å². The Morgan fingerprint density at radius 3 is 2.54 bits per heavy atom. The number of carbonyl (C=O) groups excluding carboxylic acids is 1. The number of nitrogens with one attached hydrogen (secondary N) is 1. The van der Waals surface area contributed by atoms with Gasteiger partial charge in [0.2, 0.25) is 0 Å². The van der Waals surface area contributed by atoms with Crippen LogP contribution in [-0.2, 0) is 0 Å². The van der Waals surface area contributed by atoms with Gasteiger partial charge in [0.25, 0.3) is 0 Å². The first-order valence-corrected chi connectivity index (χ1v) is 5.35. The highest BCUT2D eigenvalue weighted by Gasteiger charge is 2.35. The second-order valence-electron chi connectivity index (χ2n) is 4.16. The molecule has 2 amide bonds. The summed E-state index contributed by atoms with van der Waals surface area (Å²) in [5, 5.41) is 2.89. The lowest BCUT2D eigenvalue weighted by atomic mass is 9.80. The predicted molar refractivity (Wildman–Crippen MR) is 51.5 cm³/mol. The van der Waals surface area contributed by atoms with Crippen molar-refractivity contribution in [3.8, 4) is 0 Å². The van der Waals surface area contributed by atoms with Crippen molar-refractivity contribution in [2.24, 2.45) is 5.92 Å². The minimum atomic E-state index is 0.150. The molecule has 3 rings (SSSR count). The molecule has 0 radical (unpaired) electrons. The molecule has 0 aromatic carbocycles. The first-order valence-electron chi connectivity index (χ1n) is 5.35. The fraction of sp³-hybridized carbons (Fsp3) is 0.900. The van der Waals surface area contributed by atoms with Crippen LogP contribution in [0.1, 0.15) is 32.6 Å². The van der Waals surface area contributed by atoms with Gasteiger partial charge in [-0.2, -0.15) is 0 Å². The van der Waals surface area contributed by atoms with E-state index in [1.807, 2.05) is 11.8 Å². The Morgan fingerprint density at radius 2 is 2.08 bits per heavy atom. The highest BCUT2D eigenvalue weighted by Crippen LogP contribution is 2.34. The van der Waals surface area contributed by atoms with Crippen molar-refractivity contribution in [2.75, 3.05) is 13.1 Å². The number of hydrogen-bond donors (Lipinski definition) is 1. The number of piperidine rings is 2. The summed E-state index contributed by atoms with van der Waals surface area (Å²) in [7, 11) is 0. The van der Waals surface area contributed by atoms with Crippen molar-refractivity contribution in [1.82, 2.24) is 10.2 Å². The summed E-state index contributed by atoms with van der Waals surface area (Å²) in [4.78, 5) is 13.6. The number of nitrogens with zero attached hydrogens (tertiary/aromatic N) is 1. The van der Waals surface area contributed by atoms with Gasteiger partial charge in [0.1, 0.15) is 0 Å². The second-order valence-corrected chi connectivity index (χ2v) is 4.16. The maximum atomic E-state index is 11.6. The van der Waals surface area contributed by atoms with Gasteiger partial charge < -0.3 is 10.2 Å². The molecule has 1 saturated carbocycles. The quantitative estimate of drug-likeness (QED) is 0.656. The van der Waals surface area contributed by atoms with E-state index in [2.05, 4.69) is 5.32 Å². The zero-order valence-electron chi connectivity index (χ0n) is 8.25. The molecule has 3 heteroatoms. The Morgan fingerprint density at radius 1 is 1.38 bits per heavy atom. The molecule has 0 spiro atoms. The summed E-state index contributed by atoms with van der Waals surface area (Å²) < 4.78 is 0. The Kier molecular flexibility index (Phi) is 2.42. The molecule has 1 N–H and O–H groups in total. The van der Waals surface area contributed by atoms with E-state index in [1.165, 1.54) is 25.7 Å². The highest BCUT2D eigenvalue weighted by molar-refractivity contribution is 5.74. The average molecular weight is 182 g/mol. The van der Waals surface area contributed by atoms with Gasteiger partial charge >= 0.3 is 6.03 Å². The molecule has 2 heterocycles. The van der Waals surface area contributed by atoms with E-state index in [9.17, 15) is 4.79 Å². The number of amides is 2. The lowest BCUT2D eigenvalue weighted by molar-refractivity contribution is 0.0751. The number of urea groups is 1. The third kappa shape index (κ3) is 1.64. The normalized spacial score (nSPS) is 31.9. The molecule has 3 aliphatic rings. The fourth-order valence-corrected chi connectivity index (χ4v) is 2.57. The standard InChI is InChI=1S/C10H18N2O/c1-2-11-10(13)12-7-8-3-5-9(12)6-4-8/h8-9H,2-7H2,1H3,(H,11,13). The van der Waals surface area contributed by atoms with Crippen molar-refractivity contribution in [3.63, 3.8) is 0 Å². The Hall–Kier alpha value is -0.730. The minimum absolute atomic E-state index is 0.150. The summed E-state index contributed by atoms with van der Waals surface area (Å²) in [6.07, 6.45) is 5.12. The first-order chi connectivity index (χ1) is 6.31. The molecule has 0 aromatic heterocycles. The zero-order valence-corrected chi connectivity index (χ0v) is 8.25. The van der Waals surface area contributed by atoms with Gasteiger partial charge in [0.15, 0.2) is 0 Å². The largest absolute Gasteiger partial charge is 0.338 e. The molecule has 3 fully saturated rings. The van der Waals surface area contributed by atoms with Crippen molar-refractivity contribution < 1.29 is 4.79 Å². The van der Waals surface area contributed by atoms with Gasteiger partial charge in [-0.25, -0.2) is 4.79 Å². The second kappa shape index (κ2) is 3.56. The van der Waals surface area contributed by atoms with Gasteiger partial charge in [0, 0.05) is 19.1 Å². The van der Waals surface area contributed by atoms with Crippen molar-refractivity contribution >= 4 is 6.03 Å². The van der Waals surface area contributed by atoms with Crippen LogP contribution in [0.2, 0.25) is 0 Å². The maximum Gasteiger partial charge on any atom is 0.317 e. The molecular formula is C10H18N2O. The summed E-state index contributed by atoms with van der Waals surface area (Å²) in [5.74, 6) is 0.785. The number of fused-ring (bicyclic) bond motifs is 3. The number of hydrogen-bond acceptors (Lipinski definition) is 1. The van der Waals surface area contributed by atoms with Crippen LogP contribution in [0.4, 0.5) is 4.79 Å². The van der Waals surface area contributed by atoms with Crippen molar-refractivity contribution in [1.29, 1.82) is 0 Å². The highest BCUT2D eigenvalue weighted by atomic mass is 16.2. The SMILES string of the molecule is CCNC(=O)N1CC2CCC1CC2. The third-order valence-corrected chi connectivity index (χ3v) is 3.30. The van der Waals surface area contributed by atoms with Crippen LogP contribution in [0.5, 0.6) is 0 Å². The minimum Gasteiger partial charge on any atom is -0.338 e. The average Bonchev–Trinajstić information content (AvgIpc) is 2.20. The molecule has 0 atom stereocenters. The Balaban J connectivity index is 1.96. The molecule has 2 bridgehead atoms. The van der Waals surface area contributed by atoms with Gasteiger partial charge in [-0.1, -0.05) is 0 Å². The van der Waals surface area contributed by atoms with Crippen LogP contribution in [0, 0.1) is 5.92 Å². The Bertz CT molecular complexity index is 197. The fourth-order valence-electron chi connectivity index (χ4n) is 2.57. The summed E-state index contributed by atoms with van der Waals surface area (Å²) in [6.45, 7) is 3.71. The van der Waals surface area contributed by atoms with E-state index in [1.54, 1.807) is 0 Å². The van der Waals surface area contributed by atoms with Crippen LogP contribution in [-0.4, -0.2) is 30.1 Å². The topological polar surface area (TPSA) is 32.3 Å². The Labute approximate surface area is 79.5 Å². The van der Waals surface area contributed by atoms with Gasteiger partial charge in [0.05, 0.1) is 0 Å². The molecular weight excluding hydrogens is 164 g/mol. The van der Waals surface area contributed by atoms with E-state index in [0.717, 1.165) is 19.0 Å². The van der Waals surface area contributed by atoms with E-state index >= 15 is 0 Å². The van der Waals surface area contributed by atoms with Gasteiger partial charge in [-0.15, -0.1) is 0 Å².